The molecule has 0 amide bonds. The highest BCUT2D eigenvalue weighted by Gasteiger charge is 2.07. The molecule has 0 radical (unpaired) electrons. The predicted octanol–water partition coefficient (Wildman–Crippen LogP) is 2.77. The van der Waals surface area contributed by atoms with Gasteiger partial charge in [-0.1, -0.05) is 0 Å². The maximum absolute atomic E-state index is 11.3. The lowest BCUT2D eigenvalue weighted by Crippen LogP contribution is -1.98. The predicted molar refractivity (Wildman–Crippen MR) is 69.1 cm³/mol. The zero-order valence-electron chi connectivity index (χ0n) is 9.14. The fraction of sp³-hybridized carbons (Fsp3) is 0.0769. The number of benzene rings is 2. The van der Waals surface area contributed by atoms with Gasteiger partial charge in [0.05, 0.1) is 27.9 Å². The Bertz CT molecular complexity index is 720. The molecule has 1 aromatic carbocycles. The molecule has 2 aliphatic rings. The summed E-state index contributed by atoms with van der Waals surface area (Å²) < 4.78 is 6.19. The van der Waals surface area contributed by atoms with Crippen LogP contribution in [0.2, 0.25) is 0 Å². The molecular weight excluding hydrogens is 234 g/mol. The van der Waals surface area contributed by atoms with Crippen molar-refractivity contribution in [3.05, 3.63) is 46.6 Å². The van der Waals surface area contributed by atoms with Crippen molar-refractivity contribution in [2.75, 3.05) is 7.11 Å². The zero-order valence-corrected chi connectivity index (χ0v) is 9.95. The highest BCUT2D eigenvalue weighted by Crippen LogP contribution is 2.31. The first-order chi connectivity index (χ1) is 8.26. The molecule has 3 nitrogen and oxygen atoms in total. The zero-order chi connectivity index (χ0) is 11.8. The summed E-state index contributed by atoms with van der Waals surface area (Å²) in [5, 5.41) is 0. The molecule has 0 saturated carbocycles. The van der Waals surface area contributed by atoms with E-state index in [9.17, 15) is 4.79 Å². The van der Waals surface area contributed by atoms with Gasteiger partial charge >= 0.3 is 0 Å². The van der Waals surface area contributed by atoms with Gasteiger partial charge < -0.3 is 4.74 Å². The van der Waals surface area contributed by atoms with Gasteiger partial charge in [0.2, 0.25) is 0 Å². The Kier molecular flexibility index (Phi) is 2.30. The van der Waals surface area contributed by atoms with Crippen molar-refractivity contribution in [2.24, 2.45) is 0 Å². The summed E-state index contributed by atoms with van der Waals surface area (Å²) in [5.74, 6) is 0.799. The van der Waals surface area contributed by atoms with Gasteiger partial charge in [-0.2, -0.15) is 0 Å². The van der Waals surface area contributed by atoms with Crippen LogP contribution in [-0.4, -0.2) is 12.1 Å². The second-order valence-electron chi connectivity index (χ2n) is 3.68. The van der Waals surface area contributed by atoms with E-state index in [1.165, 1.54) is 6.07 Å². The number of hydrogen-bond acceptors (Lipinski definition) is 4. The van der Waals surface area contributed by atoms with Crippen LogP contribution in [0.15, 0.2) is 41.2 Å². The first-order valence-electron chi connectivity index (χ1n) is 5.15. The molecule has 0 saturated heterocycles. The number of methoxy groups -OCH3 is 1. The summed E-state index contributed by atoms with van der Waals surface area (Å²) in [6.07, 6.45) is 0. The minimum absolute atomic E-state index is 0.0118. The molecule has 0 spiro atoms. The molecule has 1 aromatic rings. The van der Waals surface area contributed by atoms with E-state index in [0.717, 1.165) is 26.5 Å². The van der Waals surface area contributed by atoms with Crippen molar-refractivity contribution in [2.45, 2.75) is 0 Å². The first-order valence-corrected chi connectivity index (χ1v) is 5.96. The van der Waals surface area contributed by atoms with Gasteiger partial charge in [0, 0.05) is 6.07 Å². The van der Waals surface area contributed by atoms with Gasteiger partial charge in [0.15, 0.2) is 5.43 Å². The van der Waals surface area contributed by atoms with Crippen LogP contribution >= 0.6 is 11.3 Å². The number of nitrogens with zero attached hydrogens (tertiary/aromatic N) is 1. The normalized spacial score (nSPS) is 10.9. The minimum Gasteiger partial charge on any atom is -0.497 e. The highest BCUT2D eigenvalue weighted by atomic mass is 32.1. The molecule has 1 aliphatic carbocycles. The largest absolute Gasteiger partial charge is 0.497 e. The van der Waals surface area contributed by atoms with Crippen molar-refractivity contribution >= 4 is 21.6 Å². The van der Waals surface area contributed by atoms with Crippen LogP contribution in [-0.2, 0) is 0 Å². The molecule has 0 aromatic heterocycles. The monoisotopic (exact) mass is 243 g/mol. The second kappa shape index (κ2) is 3.82. The molecular formula is C13H9NO2S. The Balaban J connectivity index is 2.37. The Morgan fingerprint density at radius 3 is 2.88 bits per heavy atom. The third-order valence-electron chi connectivity index (χ3n) is 2.56. The SMILES string of the molecule is COc1ccc2nc3ccc(=O)cc-3sc2c1. The molecule has 3 rings (SSSR count). The number of aromatic nitrogens is 1. The first kappa shape index (κ1) is 10.2. The van der Waals surface area contributed by atoms with Crippen LogP contribution < -0.4 is 10.2 Å². The second-order valence-corrected chi connectivity index (χ2v) is 4.76. The van der Waals surface area contributed by atoms with Crippen LogP contribution in [0.3, 0.4) is 0 Å². The summed E-state index contributed by atoms with van der Waals surface area (Å²) in [6.45, 7) is 0. The Morgan fingerprint density at radius 1 is 1.18 bits per heavy atom. The fourth-order valence-corrected chi connectivity index (χ4v) is 2.74. The van der Waals surface area contributed by atoms with Crippen molar-refractivity contribution in [1.29, 1.82) is 0 Å². The molecule has 17 heavy (non-hydrogen) atoms. The molecule has 0 fully saturated rings. The van der Waals surface area contributed by atoms with E-state index in [2.05, 4.69) is 4.98 Å². The molecule has 0 N–H and O–H groups in total. The van der Waals surface area contributed by atoms with E-state index in [1.807, 2.05) is 18.2 Å². The van der Waals surface area contributed by atoms with E-state index < -0.39 is 0 Å². The third-order valence-corrected chi connectivity index (χ3v) is 3.65. The van der Waals surface area contributed by atoms with Gasteiger partial charge in [-0.15, -0.1) is 11.3 Å². The van der Waals surface area contributed by atoms with Crippen LogP contribution in [0.25, 0.3) is 20.8 Å². The summed E-state index contributed by atoms with van der Waals surface area (Å²) in [7, 11) is 1.63. The molecule has 0 atom stereocenters. The maximum atomic E-state index is 11.3. The summed E-state index contributed by atoms with van der Waals surface area (Å²) in [6, 6.07) is 10.7. The number of hydrogen-bond donors (Lipinski definition) is 0. The van der Waals surface area contributed by atoms with Crippen molar-refractivity contribution in [3.8, 4) is 16.3 Å². The van der Waals surface area contributed by atoms with E-state index in [-0.39, 0.29) is 5.43 Å². The molecule has 4 heteroatoms. The fourth-order valence-electron chi connectivity index (χ4n) is 1.71. The van der Waals surface area contributed by atoms with E-state index in [4.69, 9.17) is 4.74 Å². The summed E-state index contributed by atoms with van der Waals surface area (Å²) in [4.78, 5) is 16.7. The average Bonchev–Trinajstić information content (AvgIpc) is 2.35. The maximum Gasteiger partial charge on any atom is 0.180 e. The Labute approximate surface area is 102 Å². The van der Waals surface area contributed by atoms with Crippen molar-refractivity contribution < 1.29 is 4.74 Å². The molecule has 84 valence electrons. The van der Waals surface area contributed by atoms with E-state index >= 15 is 0 Å². The van der Waals surface area contributed by atoms with Crippen LogP contribution in [0.5, 0.6) is 5.75 Å². The number of fused-ring (bicyclic) bond motifs is 2. The number of rotatable bonds is 1. The number of ether oxygens (including phenoxy) is 1. The summed E-state index contributed by atoms with van der Waals surface area (Å²) in [5.41, 5.74) is 1.78. The van der Waals surface area contributed by atoms with Crippen LogP contribution in [0.4, 0.5) is 0 Å². The smallest absolute Gasteiger partial charge is 0.180 e. The standard InChI is InChI=1S/C13H9NO2S/c1-16-9-3-5-11-13(7-9)17-12-6-8(15)2-4-10(12)14-11/h2-7H,1H3. The van der Waals surface area contributed by atoms with Gasteiger partial charge in [0.1, 0.15) is 5.75 Å². The van der Waals surface area contributed by atoms with Gasteiger partial charge in [-0.05, 0) is 30.3 Å². The third kappa shape index (κ3) is 1.76. The van der Waals surface area contributed by atoms with Crippen LogP contribution in [0.1, 0.15) is 0 Å². The highest BCUT2D eigenvalue weighted by molar-refractivity contribution is 7.21. The van der Waals surface area contributed by atoms with Crippen molar-refractivity contribution in [3.63, 3.8) is 0 Å². The van der Waals surface area contributed by atoms with E-state index in [0.29, 0.717) is 0 Å². The molecule has 1 aliphatic heterocycles. The van der Waals surface area contributed by atoms with Gasteiger partial charge in [0.25, 0.3) is 0 Å². The Hall–Kier alpha value is -1.94. The lowest BCUT2D eigenvalue weighted by molar-refractivity contribution is 0.415. The van der Waals surface area contributed by atoms with Gasteiger partial charge in [-0.3, -0.25) is 4.79 Å². The minimum atomic E-state index is 0.0118. The van der Waals surface area contributed by atoms with E-state index in [1.54, 1.807) is 30.6 Å². The summed E-state index contributed by atoms with van der Waals surface area (Å²) >= 11 is 1.55. The lowest BCUT2D eigenvalue weighted by Gasteiger charge is -2.06. The molecule has 1 heterocycles. The van der Waals surface area contributed by atoms with Crippen molar-refractivity contribution in [1.82, 2.24) is 4.98 Å². The average molecular weight is 243 g/mol. The quantitative estimate of drug-likeness (QED) is 0.617. The Morgan fingerprint density at radius 2 is 2.06 bits per heavy atom. The van der Waals surface area contributed by atoms with Crippen LogP contribution in [0, 0.1) is 0 Å². The molecule has 0 bridgehead atoms. The topological polar surface area (TPSA) is 39.2 Å². The van der Waals surface area contributed by atoms with Gasteiger partial charge in [-0.25, -0.2) is 4.98 Å². The molecule has 0 unspecified atom stereocenters. The lowest BCUT2D eigenvalue weighted by atomic mass is 10.2.